The summed E-state index contributed by atoms with van der Waals surface area (Å²) in [4.78, 5) is 17.4. The third kappa shape index (κ3) is 3.97. The minimum absolute atomic E-state index is 0.0950. The molecule has 0 saturated carbocycles. The number of anilines is 1. The van der Waals surface area contributed by atoms with Crippen LogP contribution in [0.3, 0.4) is 0 Å². The number of benzene rings is 1. The molecule has 0 bridgehead atoms. The molecular weight excluding hydrogens is 356 g/mol. The van der Waals surface area contributed by atoms with Crippen molar-refractivity contribution in [3.8, 4) is 5.75 Å². The lowest BCUT2D eigenvalue weighted by Crippen LogP contribution is -2.47. The first-order valence-corrected chi connectivity index (χ1v) is 9.50. The van der Waals surface area contributed by atoms with Crippen LogP contribution in [0.4, 0.5) is 5.69 Å². The van der Waals surface area contributed by atoms with Gasteiger partial charge in [-0.2, -0.15) is 0 Å². The van der Waals surface area contributed by atoms with Crippen LogP contribution in [0, 0.1) is 0 Å². The number of methoxy groups -OCH3 is 1. The van der Waals surface area contributed by atoms with E-state index in [2.05, 4.69) is 4.90 Å². The van der Waals surface area contributed by atoms with Gasteiger partial charge < -0.3 is 18.5 Å². The van der Waals surface area contributed by atoms with Gasteiger partial charge in [-0.05, 0) is 49.2 Å². The molecule has 1 aromatic carbocycles. The molecular formula is C22H24N2O4. The molecule has 3 heterocycles. The third-order valence-electron chi connectivity index (χ3n) is 5.16. The Balaban J connectivity index is 1.53. The first-order valence-electron chi connectivity index (χ1n) is 9.50. The molecule has 1 aliphatic rings. The molecule has 0 N–H and O–H groups in total. The lowest BCUT2D eigenvalue weighted by atomic mass is 10.0. The Hall–Kier alpha value is -2.99. The van der Waals surface area contributed by atoms with E-state index in [1.54, 1.807) is 25.5 Å². The monoisotopic (exact) mass is 380 g/mol. The fourth-order valence-electron chi connectivity index (χ4n) is 3.73. The number of hydrogen-bond acceptors (Lipinski definition) is 5. The van der Waals surface area contributed by atoms with Gasteiger partial charge in [0.15, 0.2) is 5.76 Å². The summed E-state index contributed by atoms with van der Waals surface area (Å²) >= 11 is 0. The molecule has 2 aromatic heterocycles. The van der Waals surface area contributed by atoms with Crippen molar-refractivity contribution >= 4 is 11.6 Å². The van der Waals surface area contributed by atoms with Gasteiger partial charge in [-0.3, -0.25) is 9.69 Å². The average Bonchev–Trinajstić information content (AvgIpc) is 3.44. The average molecular weight is 380 g/mol. The van der Waals surface area contributed by atoms with Crippen LogP contribution in [-0.4, -0.2) is 37.0 Å². The molecule has 6 heteroatoms. The number of furan rings is 2. The molecule has 6 nitrogen and oxygen atoms in total. The number of amides is 1. The van der Waals surface area contributed by atoms with Crippen molar-refractivity contribution in [3.63, 3.8) is 0 Å². The van der Waals surface area contributed by atoms with Crippen LogP contribution in [-0.2, 0) is 6.54 Å². The molecule has 0 unspecified atom stereocenters. The topological polar surface area (TPSA) is 59.1 Å². The van der Waals surface area contributed by atoms with Crippen LogP contribution in [0.1, 0.15) is 29.2 Å². The highest BCUT2D eigenvalue weighted by Gasteiger charge is 2.31. The van der Waals surface area contributed by atoms with Crippen LogP contribution >= 0.6 is 0 Å². The Labute approximate surface area is 164 Å². The van der Waals surface area contributed by atoms with E-state index < -0.39 is 0 Å². The number of hydrogen-bond donors (Lipinski definition) is 0. The van der Waals surface area contributed by atoms with Gasteiger partial charge >= 0.3 is 0 Å². The van der Waals surface area contributed by atoms with Gasteiger partial charge in [0.2, 0.25) is 0 Å². The molecule has 0 atom stereocenters. The van der Waals surface area contributed by atoms with E-state index in [9.17, 15) is 4.79 Å². The minimum atomic E-state index is -0.122. The Kier molecular flexibility index (Phi) is 5.48. The molecule has 1 amide bonds. The zero-order chi connectivity index (χ0) is 19.3. The highest BCUT2D eigenvalue weighted by molar-refractivity contribution is 6.04. The number of carbonyl (C=O) groups excluding carboxylic acids is 1. The second-order valence-electron chi connectivity index (χ2n) is 6.94. The zero-order valence-electron chi connectivity index (χ0n) is 15.9. The van der Waals surface area contributed by atoms with Crippen LogP contribution in [0.2, 0.25) is 0 Å². The standard InChI is InChI=1S/C22H24N2O4/c1-26-19-6-2-5-18(15-19)24(22(25)21-8-4-14-28-21)17-9-11-23(12-10-17)16-20-7-3-13-27-20/h2-8,13-15,17H,9-12,16H2,1H3. The zero-order valence-corrected chi connectivity index (χ0v) is 15.9. The lowest BCUT2D eigenvalue weighted by Gasteiger charge is -2.38. The summed E-state index contributed by atoms with van der Waals surface area (Å²) < 4.78 is 16.2. The molecule has 28 heavy (non-hydrogen) atoms. The van der Waals surface area contributed by atoms with E-state index in [1.165, 1.54) is 6.26 Å². The predicted octanol–water partition coefficient (Wildman–Crippen LogP) is 4.19. The maximum absolute atomic E-state index is 13.2. The number of ether oxygens (including phenoxy) is 1. The van der Waals surface area contributed by atoms with Gasteiger partial charge in [-0.1, -0.05) is 6.07 Å². The van der Waals surface area contributed by atoms with E-state index in [4.69, 9.17) is 13.6 Å². The van der Waals surface area contributed by atoms with Crippen LogP contribution in [0.5, 0.6) is 5.75 Å². The van der Waals surface area contributed by atoms with E-state index in [0.717, 1.165) is 49.7 Å². The van der Waals surface area contributed by atoms with E-state index in [1.807, 2.05) is 41.3 Å². The van der Waals surface area contributed by atoms with Gasteiger partial charge in [0, 0.05) is 30.9 Å². The van der Waals surface area contributed by atoms with Crippen molar-refractivity contribution in [3.05, 3.63) is 72.6 Å². The maximum Gasteiger partial charge on any atom is 0.294 e. The second kappa shape index (κ2) is 8.35. The van der Waals surface area contributed by atoms with Gasteiger partial charge in [0.05, 0.1) is 26.2 Å². The third-order valence-corrected chi connectivity index (χ3v) is 5.16. The Morgan fingerprint density at radius 1 is 1.11 bits per heavy atom. The van der Waals surface area contributed by atoms with Crippen molar-refractivity contribution in [1.82, 2.24) is 4.90 Å². The van der Waals surface area contributed by atoms with Crippen molar-refractivity contribution in [2.75, 3.05) is 25.1 Å². The van der Waals surface area contributed by atoms with Crippen molar-refractivity contribution in [2.45, 2.75) is 25.4 Å². The molecule has 1 aliphatic heterocycles. The lowest BCUT2D eigenvalue weighted by molar-refractivity contribution is 0.0930. The van der Waals surface area contributed by atoms with Gasteiger partial charge in [-0.15, -0.1) is 0 Å². The van der Waals surface area contributed by atoms with Gasteiger partial charge in [0.25, 0.3) is 5.91 Å². The Bertz CT molecular complexity index is 881. The number of nitrogens with zero attached hydrogens (tertiary/aromatic N) is 2. The molecule has 4 rings (SSSR count). The molecule has 1 saturated heterocycles. The van der Waals surface area contributed by atoms with Crippen molar-refractivity contribution < 1.29 is 18.4 Å². The fraction of sp³-hybridized carbons (Fsp3) is 0.318. The Morgan fingerprint density at radius 3 is 2.57 bits per heavy atom. The van der Waals surface area contributed by atoms with Gasteiger partial charge in [0.1, 0.15) is 11.5 Å². The first kappa shape index (κ1) is 18.4. The summed E-state index contributed by atoms with van der Waals surface area (Å²) in [5.41, 5.74) is 0.824. The Morgan fingerprint density at radius 2 is 1.89 bits per heavy atom. The number of carbonyl (C=O) groups is 1. The van der Waals surface area contributed by atoms with Crippen LogP contribution in [0.15, 0.2) is 69.9 Å². The highest BCUT2D eigenvalue weighted by Crippen LogP contribution is 2.29. The number of rotatable bonds is 6. The van der Waals surface area contributed by atoms with Crippen LogP contribution < -0.4 is 9.64 Å². The SMILES string of the molecule is COc1cccc(N(C(=O)c2ccco2)C2CCN(Cc3ccco3)CC2)c1. The van der Waals surface area contributed by atoms with Gasteiger partial charge in [-0.25, -0.2) is 0 Å². The largest absolute Gasteiger partial charge is 0.497 e. The summed E-state index contributed by atoms with van der Waals surface area (Å²) in [6.45, 7) is 2.60. The second-order valence-corrected chi connectivity index (χ2v) is 6.94. The molecule has 0 radical (unpaired) electrons. The number of likely N-dealkylation sites (tertiary alicyclic amines) is 1. The summed E-state index contributed by atoms with van der Waals surface area (Å²) in [6, 6.07) is 15.1. The van der Waals surface area contributed by atoms with Crippen molar-refractivity contribution in [2.24, 2.45) is 0 Å². The normalized spacial score (nSPS) is 15.5. The number of piperidine rings is 1. The fourth-order valence-corrected chi connectivity index (χ4v) is 3.73. The minimum Gasteiger partial charge on any atom is -0.497 e. The molecule has 0 aliphatic carbocycles. The molecule has 146 valence electrons. The smallest absolute Gasteiger partial charge is 0.294 e. The van der Waals surface area contributed by atoms with E-state index in [-0.39, 0.29) is 11.9 Å². The molecule has 0 spiro atoms. The highest BCUT2D eigenvalue weighted by atomic mass is 16.5. The summed E-state index contributed by atoms with van der Waals surface area (Å²) in [5.74, 6) is 1.92. The quantitative estimate of drug-likeness (QED) is 0.642. The maximum atomic E-state index is 13.2. The van der Waals surface area contributed by atoms with Crippen LogP contribution in [0.25, 0.3) is 0 Å². The van der Waals surface area contributed by atoms with E-state index >= 15 is 0 Å². The van der Waals surface area contributed by atoms with Crippen molar-refractivity contribution in [1.29, 1.82) is 0 Å². The summed E-state index contributed by atoms with van der Waals surface area (Å²) in [7, 11) is 1.63. The molecule has 3 aromatic rings. The predicted molar refractivity (Wildman–Crippen MR) is 106 cm³/mol. The van der Waals surface area contributed by atoms with E-state index in [0.29, 0.717) is 5.76 Å². The summed E-state index contributed by atoms with van der Waals surface area (Å²) in [5, 5.41) is 0. The first-order chi connectivity index (χ1) is 13.7. The molecule has 1 fully saturated rings. The summed E-state index contributed by atoms with van der Waals surface area (Å²) in [6.07, 6.45) is 4.99.